The van der Waals surface area contributed by atoms with E-state index in [1.807, 2.05) is 4.68 Å². The van der Waals surface area contributed by atoms with Crippen LogP contribution in [0.4, 0.5) is 0 Å². The molecular weight excluding hydrogens is 264 g/mol. The number of aromatic nitrogens is 3. The summed E-state index contributed by atoms with van der Waals surface area (Å²) in [6.45, 7) is 14.7. The van der Waals surface area contributed by atoms with Crippen LogP contribution in [0.1, 0.15) is 59.8 Å². The van der Waals surface area contributed by atoms with E-state index in [4.69, 9.17) is 4.74 Å². The monoisotopic (exact) mass is 296 g/mol. The number of hydrogen-bond acceptors (Lipinski definition) is 4. The lowest BCUT2D eigenvalue weighted by Gasteiger charge is -2.31. The fourth-order valence-corrected chi connectivity index (χ4v) is 2.65. The number of ether oxygens (including phenoxy) is 1. The zero-order valence-corrected chi connectivity index (χ0v) is 14.5. The first-order valence-electron chi connectivity index (χ1n) is 8.24. The van der Waals surface area contributed by atoms with Gasteiger partial charge in [0, 0.05) is 25.1 Å². The highest BCUT2D eigenvalue weighted by Gasteiger charge is 2.26. The highest BCUT2D eigenvalue weighted by molar-refractivity contribution is 4.94. The summed E-state index contributed by atoms with van der Waals surface area (Å²) in [6, 6.07) is 0.602. The first-order chi connectivity index (χ1) is 10.0. The van der Waals surface area contributed by atoms with E-state index >= 15 is 0 Å². The first kappa shape index (κ1) is 18.1. The van der Waals surface area contributed by atoms with Crippen LogP contribution in [0.5, 0.6) is 0 Å². The van der Waals surface area contributed by atoms with Crippen LogP contribution in [0.25, 0.3) is 0 Å². The molecule has 0 amide bonds. The van der Waals surface area contributed by atoms with Gasteiger partial charge in [0.05, 0.1) is 6.10 Å². The Morgan fingerprint density at radius 1 is 1.24 bits per heavy atom. The van der Waals surface area contributed by atoms with Gasteiger partial charge in [0.25, 0.3) is 0 Å². The van der Waals surface area contributed by atoms with Gasteiger partial charge in [0.15, 0.2) is 0 Å². The molecule has 21 heavy (non-hydrogen) atoms. The highest BCUT2D eigenvalue weighted by Crippen LogP contribution is 2.16. The normalized spacial score (nSPS) is 14.9. The Morgan fingerprint density at radius 2 is 1.95 bits per heavy atom. The molecule has 1 heterocycles. The van der Waals surface area contributed by atoms with Crippen LogP contribution in [0.2, 0.25) is 0 Å². The SMILES string of the molecule is CCCNC(Cc1ncnn1C(C)C)C(OCC)C(C)C. The smallest absolute Gasteiger partial charge is 0.138 e. The van der Waals surface area contributed by atoms with Crippen LogP contribution in [0.15, 0.2) is 6.33 Å². The van der Waals surface area contributed by atoms with E-state index in [2.05, 4.69) is 56.9 Å². The van der Waals surface area contributed by atoms with Crippen LogP contribution in [0, 0.1) is 5.92 Å². The van der Waals surface area contributed by atoms with Crippen LogP contribution in [-0.2, 0) is 11.2 Å². The average Bonchev–Trinajstić information content (AvgIpc) is 2.89. The fourth-order valence-electron chi connectivity index (χ4n) is 2.65. The van der Waals surface area contributed by atoms with E-state index in [0.29, 0.717) is 12.0 Å². The predicted octanol–water partition coefficient (Wildman–Crippen LogP) is 2.83. The second-order valence-electron chi connectivity index (χ2n) is 6.14. The average molecular weight is 296 g/mol. The summed E-state index contributed by atoms with van der Waals surface area (Å²) < 4.78 is 8.00. The van der Waals surface area contributed by atoms with Gasteiger partial charge >= 0.3 is 0 Å². The maximum atomic E-state index is 5.99. The number of nitrogens with zero attached hydrogens (tertiary/aromatic N) is 3. The van der Waals surface area contributed by atoms with Gasteiger partial charge in [-0.1, -0.05) is 20.8 Å². The second-order valence-corrected chi connectivity index (χ2v) is 6.14. The van der Waals surface area contributed by atoms with Gasteiger partial charge in [0.1, 0.15) is 12.2 Å². The van der Waals surface area contributed by atoms with Crippen molar-refractivity contribution in [2.75, 3.05) is 13.2 Å². The summed E-state index contributed by atoms with van der Waals surface area (Å²) in [5.41, 5.74) is 0. The molecular formula is C16H32N4O. The van der Waals surface area contributed by atoms with E-state index in [9.17, 15) is 0 Å². The highest BCUT2D eigenvalue weighted by atomic mass is 16.5. The third-order valence-electron chi connectivity index (χ3n) is 3.61. The Labute approximate surface area is 129 Å². The molecule has 2 atom stereocenters. The first-order valence-corrected chi connectivity index (χ1v) is 8.24. The number of hydrogen-bond donors (Lipinski definition) is 1. The zero-order chi connectivity index (χ0) is 15.8. The van der Waals surface area contributed by atoms with Crippen molar-refractivity contribution in [1.29, 1.82) is 0 Å². The molecule has 0 fully saturated rings. The van der Waals surface area contributed by atoms with Crippen molar-refractivity contribution >= 4 is 0 Å². The van der Waals surface area contributed by atoms with E-state index < -0.39 is 0 Å². The molecule has 1 aromatic heterocycles. The largest absolute Gasteiger partial charge is 0.377 e. The molecule has 5 heteroatoms. The van der Waals surface area contributed by atoms with Crippen molar-refractivity contribution < 1.29 is 4.74 Å². The van der Waals surface area contributed by atoms with Crippen molar-refractivity contribution in [1.82, 2.24) is 20.1 Å². The minimum absolute atomic E-state index is 0.193. The van der Waals surface area contributed by atoms with Gasteiger partial charge in [-0.3, -0.25) is 0 Å². The van der Waals surface area contributed by atoms with Gasteiger partial charge in [-0.15, -0.1) is 0 Å². The lowest BCUT2D eigenvalue weighted by atomic mass is 9.96. The van der Waals surface area contributed by atoms with Gasteiger partial charge in [-0.25, -0.2) is 9.67 Å². The quantitative estimate of drug-likeness (QED) is 0.721. The van der Waals surface area contributed by atoms with Crippen LogP contribution >= 0.6 is 0 Å². The van der Waals surface area contributed by atoms with Crippen molar-refractivity contribution in [3.8, 4) is 0 Å². The Morgan fingerprint density at radius 3 is 2.48 bits per heavy atom. The Hall–Kier alpha value is -0.940. The standard InChI is InChI=1S/C16H32N4O/c1-7-9-17-14(16(12(3)4)21-8-2)10-15-18-11-19-20(15)13(5)6/h11-14,16-17H,7-10H2,1-6H3. The van der Waals surface area contributed by atoms with Crippen LogP contribution < -0.4 is 5.32 Å². The molecule has 0 aliphatic carbocycles. The lowest BCUT2D eigenvalue weighted by molar-refractivity contribution is 0.00290. The van der Waals surface area contributed by atoms with E-state index in [1.54, 1.807) is 6.33 Å². The molecule has 5 nitrogen and oxygen atoms in total. The van der Waals surface area contributed by atoms with Gasteiger partial charge in [-0.05, 0) is 39.7 Å². The molecule has 0 aliphatic rings. The molecule has 0 saturated heterocycles. The summed E-state index contributed by atoms with van der Waals surface area (Å²) in [5.74, 6) is 1.50. The van der Waals surface area contributed by atoms with Crippen LogP contribution in [0.3, 0.4) is 0 Å². The predicted molar refractivity (Wildman–Crippen MR) is 86.4 cm³/mol. The second kappa shape index (κ2) is 9.15. The molecule has 0 aliphatic heterocycles. The maximum absolute atomic E-state index is 5.99. The molecule has 0 radical (unpaired) electrons. The topological polar surface area (TPSA) is 52.0 Å². The maximum Gasteiger partial charge on any atom is 0.138 e. The van der Waals surface area contributed by atoms with E-state index in [-0.39, 0.29) is 12.1 Å². The van der Waals surface area contributed by atoms with Gasteiger partial charge in [-0.2, -0.15) is 5.10 Å². The van der Waals surface area contributed by atoms with Crippen molar-refractivity contribution in [2.45, 2.75) is 72.6 Å². The molecule has 1 rings (SSSR count). The minimum Gasteiger partial charge on any atom is -0.377 e. The van der Waals surface area contributed by atoms with Gasteiger partial charge in [0.2, 0.25) is 0 Å². The molecule has 1 aromatic rings. The van der Waals surface area contributed by atoms with E-state index in [1.165, 1.54) is 0 Å². The summed E-state index contributed by atoms with van der Waals surface area (Å²) in [4.78, 5) is 4.44. The Bertz CT molecular complexity index is 389. The van der Waals surface area contributed by atoms with Crippen molar-refractivity contribution in [3.63, 3.8) is 0 Å². The fraction of sp³-hybridized carbons (Fsp3) is 0.875. The summed E-state index contributed by atoms with van der Waals surface area (Å²) in [7, 11) is 0. The number of rotatable bonds is 10. The van der Waals surface area contributed by atoms with Crippen molar-refractivity contribution in [3.05, 3.63) is 12.2 Å². The summed E-state index contributed by atoms with van der Waals surface area (Å²) >= 11 is 0. The molecule has 122 valence electrons. The summed E-state index contributed by atoms with van der Waals surface area (Å²) in [5, 5.41) is 7.97. The third kappa shape index (κ3) is 5.40. The molecule has 2 unspecified atom stereocenters. The third-order valence-corrected chi connectivity index (χ3v) is 3.61. The molecule has 0 spiro atoms. The zero-order valence-electron chi connectivity index (χ0n) is 14.5. The number of nitrogens with one attached hydrogen (secondary N) is 1. The van der Waals surface area contributed by atoms with Crippen LogP contribution in [-0.4, -0.2) is 40.1 Å². The molecule has 1 N–H and O–H groups in total. The summed E-state index contributed by atoms with van der Waals surface area (Å²) in [6.07, 6.45) is 3.81. The Kier molecular flexibility index (Phi) is 7.89. The Balaban J connectivity index is 2.87. The molecule has 0 bridgehead atoms. The van der Waals surface area contributed by atoms with E-state index in [0.717, 1.165) is 31.8 Å². The molecule has 0 aromatic carbocycles. The molecule has 0 saturated carbocycles. The van der Waals surface area contributed by atoms with Crippen molar-refractivity contribution in [2.24, 2.45) is 5.92 Å². The van der Waals surface area contributed by atoms with Gasteiger partial charge < -0.3 is 10.1 Å². The lowest BCUT2D eigenvalue weighted by Crippen LogP contribution is -2.46. The minimum atomic E-state index is 0.193.